The van der Waals surface area contributed by atoms with E-state index in [1.807, 2.05) is 36.4 Å². The zero-order valence-electron chi connectivity index (χ0n) is 16.2. The van der Waals surface area contributed by atoms with Crippen LogP contribution in [-0.4, -0.2) is 9.97 Å². The maximum Gasteiger partial charge on any atom is 0.243 e. The van der Waals surface area contributed by atoms with Crippen LogP contribution in [0.25, 0.3) is 10.2 Å². The highest BCUT2D eigenvalue weighted by atomic mass is 35.5. The van der Waals surface area contributed by atoms with Gasteiger partial charge in [-0.15, -0.1) is 0 Å². The monoisotopic (exact) mass is 443 g/mol. The summed E-state index contributed by atoms with van der Waals surface area (Å²) >= 11 is 13.8. The summed E-state index contributed by atoms with van der Waals surface area (Å²) in [7, 11) is 0. The van der Waals surface area contributed by atoms with Gasteiger partial charge < -0.3 is 10.1 Å². The lowest BCUT2D eigenvalue weighted by molar-refractivity contribution is 0.442. The molecule has 2 aromatic carbocycles. The number of nitrogens with zero attached hydrogens (tertiary/aromatic N) is 2. The Balaban J connectivity index is 1.68. The second kappa shape index (κ2) is 7.82. The van der Waals surface area contributed by atoms with E-state index in [1.165, 1.54) is 11.3 Å². The molecule has 0 saturated heterocycles. The number of benzene rings is 2. The Morgan fingerprint density at radius 1 is 1.03 bits per heavy atom. The van der Waals surface area contributed by atoms with Gasteiger partial charge in [-0.2, -0.15) is 0 Å². The molecule has 0 amide bonds. The molecule has 7 heteroatoms. The van der Waals surface area contributed by atoms with Crippen LogP contribution in [0.4, 0.5) is 10.8 Å². The van der Waals surface area contributed by atoms with E-state index in [4.69, 9.17) is 27.9 Å². The van der Waals surface area contributed by atoms with Gasteiger partial charge in [0.05, 0.1) is 9.72 Å². The molecule has 0 aliphatic heterocycles. The van der Waals surface area contributed by atoms with Crippen LogP contribution in [0, 0.1) is 0 Å². The summed E-state index contributed by atoms with van der Waals surface area (Å²) in [6, 6.07) is 15.3. The third kappa shape index (κ3) is 4.32. The largest absolute Gasteiger partial charge is 0.437 e. The van der Waals surface area contributed by atoms with E-state index in [2.05, 4.69) is 42.1 Å². The van der Waals surface area contributed by atoms with E-state index in [0.717, 1.165) is 21.7 Å². The lowest BCUT2D eigenvalue weighted by atomic mass is 9.86. The molecule has 0 aliphatic carbocycles. The van der Waals surface area contributed by atoms with Crippen LogP contribution in [0.15, 0.2) is 54.7 Å². The molecule has 0 spiro atoms. The first kappa shape index (κ1) is 20.0. The van der Waals surface area contributed by atoms with E-state index in [-0.39, 0.29) is 5.41 Å². The van der Waals surface area contributed by atoms with E-state index < -0.39 is 0 Å². The SMILES string of the molecule is CC(C)(C)c1ccccc1Oc1ncccc1Nc1nc2c(Cl)cc(Cl)cc2s1. The van der Waals surface area contributed by atoms with E-state index in [0.29, 0.717) is 26.6 Å². The normalized spacial score (nSPS) is 11.6. The molecule has 0 saturated carbocycles. The molecule has 148 valence electrons. The van der Waals surface area contributed by atoms with Gasteiger partial charge in [-0.05, 0) is 35.7 Å². The summed E-state index contributed by atoms with van der Waals surface area (Å²) < 4.78 is 7.12. The molecule has 29 heavy (non-hydrogen) atoms. The fourth-order valence-corrected chi connectivity index (χ4v) is 4.57. The lowest BCUT2D eigenvalue weighted by Gasteiger charge is -2.22. The number of fused-ring (bicyclic) bond motifs is 1. The number of hydrogen-bond donors (Lipinski definition) is 1. The van der Waals surface area contributed by atoms with Crippen LogP contribution in [0.3, 0.4) is 0 Å². The van der Waals surface area contributed by atoms with E-state index >= 15 is 0 Å². The number of anilines is 2. The molecule has 0 unspecified atom stereocenters. The van der Waals surface area contributed by atoms with Crippen LogP contribution < -0.4 is 10.1 Å². The lowest BCUT2D eigenvalue weighted by Crippen LogP contribution is -2.12. The molecule has 4 nitrogen and oxygen atoms in total. The van der Waals surface area contributed by atoms with Gasteiger partial charge in [0.1, 0.15) is 17.0 Å². The van der Waals surface area contributed by atoms with Crippen LogP contribution in [0.1, 0.15) is 26.3 Å². The minimum absolute atomic E-state index is 0.0536. The highest BCUT2D eigenvalue weighted by Crippen LogP contribution is 2.38. The van der Waals surface area contributed by atoms with E-state index in [9.17, 15) is 0 Å². The minimum atomic E-state index is -0.0536. The molecule has 2 aromatic heterocycles. The number of halogens is 2. The van der Waals surface area contributed by atoms with Crippen molar-refractivity contribution in [1.29, 1.82) is 0 Å². The molecule has 4 rings (SSSR count). The summed E-state index contributed by atoms with van der Waals surface area (Å²) in [6.45, 7) is 6.47. The number of aromatic nitrogens is 2. The summed E-state index contributed by atoms with van der Waals surface area (Å²) in [5, 5.41) is 5.10. The third-order valence-corrected chi connectivity index (χ3v) is 5.75. The standard InChI is InChI=1S/C22H19Cl2N3OS/c1-22(2,3)14-7-4-5-9-17(14)28-20-16(8-6-10-25-20)26-21-27-19-15(24)11-13(23)12-18(19)29-21/h4-12H,1-3H3,(H,26,27). The zero-order chi connectivity index (χ0) is 20.6. The van der Waals surface area contributed by atoms with Crippen molar-refractivity contribution in [2.24, 2.45) is 0 Å². The molecular formula is C22H19Cl2N3OS. The Morgan fingerprint density at radius 3 is 2.62 bits per heavy atom. The van der Waals surface area contributed by atoms with Gasteiger partial charge in [-0.3, -0.25) is 0 Å². The van der Waals surface area contributed by atoms with Crippen molar-refractivity contribution >= 4 is 55.6 Å². The van der Waals surface area contributed by atoms with Crippen LogP contribution >= 0.6 is 34.5 Å². The highest BCUT2D eigenvalue weighted by molar-refractivity contribution is 7.22. The molecule has 1 N–H and O–H groups in total. The number of para-hydroxylation sites is 1. The quantitative estimate of drug-likeness (QED) is 0.348. The topological polar surface area (TPSA) is 47.0 Å². The Hall–Kier alpha value is -2.34. The molecule has 4 aromatic rings. The van der Waals surface area contributed by atoms with Crippen molar-refractivity contribution in [3.05, 3.63) is 70.3 Å². The fourth-order valence-electron chi connectivity index (χ4n) is 2.97. The Kier molecular flexibility index (Phi) is 5.38. The van der Waals surface area contributed by atoms with Gasteiger partial charge in [0.2, 0.25) is 5.88 Å². The second-order valence-corrected chi connectivity index (χ2v) is 9.46. The molecule has 0 aliphatic rings. The molecule has 0 radical (unpaired) electrons. The summed E-state index contributed by atoms with van der Waals surface area (Å²) in [4.78, 5) is 9.01. The van der Waals surface area contributed by atoms with Gasteiger partial charge in [0.25, 0.3) is 0 Å². The highest BCUT2D eigenvalue weighted by Gasteiger charge is 2.20. The maximum absolute atomic E-state index is 6.27. The smallest absolute Gasteiger partial charge is 0.243 e. The first-order chi connectivity index (χ1) is 13.8. The molecule has 0 fully saturated rings. The number of nitrogens with one attached hydrogen (secondary N) is 1. The van der Waals surface area contributed by atoms with Crippen molar-refractivity contribution in [3.63, 3.8) is 0 Å². The first-order valence-electron chi connectivity index (χ1n) is 9.06. The summed E-state index contributed by atoms with van der Waals surface area (Å²) in [6.07, 6.45) is 1.70. The molecule has 0 bridgehead atoms. The average molecular weight is 444 g/mol. The van der Waals surface area contributed by atoms with Crippen molar-refractivity contribution in [3.8, 4) is 11.6 Å². The Bertz CT molecular complexity index is 1180. The Labute approximate surface area is 183 Å². The first-order valence-corrected chi connectivity index (χ1v) is 10.6. The van der Waals surface area contributed by atoms with Crippen LogP contribution in [0.5, 0.6) is 11.6 Å². The van der Waals surface area contributed by atoms with Crippen molar-refractivity contribution in [2.45, 2.75) is 26.2 Å². The maximum atomic E-state index is 6.27. The molecule has 0 atom stereocenters. The zero-order valence-corrected chi connectivity index (χ0v) is 18.5. The minimum Gasteiger partial charge on any atom is -0.437 e. The number of hydrogen-bond acceptors (Lipinski definition) is 5. The van der Waals surface area contributed by atoms with Gasteiger partial charge in [0.15, 0.2) is 5.13 Å². The van der Waals surface area contributed by atoms with Crippen LogP contribution in [-0.2, 0) is 5.41 Å². The summed E-state index contributed by atoms with van der Waals surface area (Å²) in [5.41, 5.74) is 2.49. The Morgan fingerprint density at radius 2 is 1.83 bits per heavy atom. The fraction of sp³-hybridized carbons (Fsp3) is 0.182. The van der Waals surface area contributed by atoms with E-state index in [1.54, 1.807) is 12.3 Å². The van der Waals surface area contributed by atoms with Crippen molar-refractivity contribution in [1.82, 2.24) is 9.97 Å². The van der Waals surface area contributed by atoms with Crippen molar-refractivity contribution < 1.29 is 4.74 Å². The molecule has 2 heterocycles. The molecular weight excluding hydrogens is 425 g/mol. The van der Waals surface area contributed by atoms with Gasteiger partial charge in [-0.25, -0.2) is 9.97 Å². The third-order valence-electron chi connectivity index (χ3n) is 4.33. The number of thiazole rings is 1. The number of ether oxygens (including phenoxy) is 1. The predicted octanol–water partition coefficient (Wildman–Crippen LogP) is 7.83. The van der Waals surface area contributed by atoms with Gasteiger partial charge >= 0.3 is 0 Å². The predicted molar refractivity (Wildman–Crippen MR) is 122 cm³/mol. The van der Waals surface area contributed by atoms with Gasteiger partial charge in [-0.1, -0.05) is 73.5 Å². The number of pyridine rings is 1. The van der Waals surface area contributed by atoms with Crippen molar-refractivity contribution in [2.75, 3.05) is 5.32 Å². The average Bonchev–Trinajstić information content (AvgIpc) is 3.05. The number of rotatable bonds is 4. The van der Waals surface area contributed by atoms with Crippen LogP contribution in [0.2, 0.25) is 10.0 Å². The van der Waals surface area contributed by atoms with Gasteiger partial charge in [0, 0.05) is 16.8 Å². The summed E-state index contributed by atoms with van der Waals surface area (Å²) in [5.74, 6) is 1.26. The second-order valence-electron chi connectivity index (χ2n) is 7.58.